The molecule has 0 aliphatic carbocycles. The second kappa shape index (κ2) is 15.0. The molecule has 0 amide bonds. The number of carboxylic acids is 1. The van der Waals surface area contributed by atoms with Gasteiger partial charge in [0.2, 0.25) is 0 Å². The van der Waals surface area contributed by atoms with Gasteiger partial charge in [0.15, 0.2) is 0 Å². The van der Waals surface area contributed by atoms with Gasteiger partial charge in [0.1, 0.15) is 0 Å². The van der Waals surface area contributed by atoms with E-state index in [1.54, 1.807) is 0 Å². The summed E-state index contributed by atoms with van der Waals surface area (Å²) in [4.78, 5) is 10.3. The third kappa shape index (κ3) is 14.1. The molecule has 0 fully saturated rings. The SMILES string of the molecule is CCCCC[C@H](O)[C@H](O)C/C=C/CCCCCCCC(=O)O. The highest BCUT2D eigenvalue weighted by atomic mass is 16.4. The summed E-state index contributed by atoms with van der Waals surface area (Å²) in [5, 5.41) is 28.1. The zero-order valence-electron chi connectivity index (χ0n) is 14.0. The van der Waals surface area contributed by atoms with Gasteiger partial charge in [-0.15, -0.1) is 0 Å². The number of carboxylic acid groups (broad SMARTS) is 1. The number of aliphatic hydroxyl groups is 2. The average Bonchev–Trinajstić information content (AvgIpc) is 2.48. The zero-order valence-corrected chi connectivity index (χ0v) is 14.0. The first kappa shape index (κ1) is 21.1. The van der Waals surface area contributed by atoms with Crippen LogP contribution in [0.4, 0.5) is 0 Å². The number of unbranched alkanes of at least 4 members (excludes halogenated alkanes) is 7. The Kier molecular flexibility index (Phi) is 14.4. The number of hydrogen-bond acceptors (Lipinski definition) is 3. The molecule has 0 bridgehead atoms. The summed E-state index contributed by atoms with van der Waals surface area (Å²) in [7, 11) is 0. The van der Waals surface area contributed by atoms with Crippen LogP contribution in [0.2, 0.25) is 0 Å². The van der Waals surface area contributed by atoms with Gasteiger partial charge >= 0.3 is 5.97 Å². The Morgan fingerprint density at radius 3 is 2.27 bits per heavy atom. The Morgan fingerprint density at radius 2 is 1.59 bits per heavy atom. The van der Waals surface area contributed by atoms with Gasteiger partial charge in [-0.3, -0.25) is 4.79 Å². The summed E-state index contributed by atoms with van der Waals surface area (Å²) in [5.74, 6) is -0.710. The quantitative estimate of drug-likeness (QED) is 0.315. The number of aliphatic hydroxyl groups excluding tert-OH is 2. The molecule has 3 N–H and O–H groups in total. The lowest BCUT2D eigenvalue weighted by molar-refractivity contribution is -0.137. The molecule has 22 heavy (non-hydrogen) atoms. The van der Waals surface area contributed by atoms with Crippen LogP contribution in [-0.2, 0) is 4.79 Å². The molecule has 0 aromatic heterocycles. The summed E-state index contributed by atoms with van der Waals surface area (Å²) in [6.45, 7) is 2.12. The number of aliphatic carboxylic acids is 1. The first-order valence-electron chi connectivity index (χ1n) is 8.80. The molecule has 0 unspecified atom stereocenters. The van der Waals surface area contributed by atoms with Crippen molar-refractivity contribution in [1.29, 1.82) is 0 Å². The summed E-state index contributed by atoms with van der Waals surface area (Å²) < 4.78 is 0. The van der Waals surface area contributed by atoms with Crippen LogP contribution in [0.1, 0.15) is 84.0 Å². The van der Waals surface area contributed by atoms with Crippen molar-refractivity contribution in [3.63, 3.8) is 0 Å². The smallest absolute Gasteiger partial charge is 0.303 e. The molecule has 0 aliphatic rings. The Morgan fingerprint density at radius 1 is 0.909 bits per heavy atom. The molecule has 0 spiro atoms. The van der Waals surface area contributed by atoms with E-state index in [0.29, 0.717) is 12.8 Å². The molecule has 4 heteroatoms. The van der Waals surface area contributed by atoms with E-state index in [2.05, 4.69) is 13.0 Å². The van der Waals surface area contributed by atoms with E-state index in [0.717, 1.165) is 57.8 Å². The molecule has 130 valence electrons. The molecule has 0 aliphatic heterocycles. The minimum Gasteiger partial charge on any atom is -0.481 e. The molecule has 0 radical (unpaired) electrons. The standard InChI is InChI=1S/C18H34O4/c1-2-3-10-13-16(19)17(20)14-11-8-6-4-5-7-9-12-15-18(21)22/h8,11,16-17,19-20H,2-7,9-10,12-15H2,1H3,(H,21,22)/b11-8+/t16-,17+/m0/s1. The van der Waals surface area contributed by atoms with E-state index < -0.39 is 18.2 Å². The predicted molar refractivity (Wildman–Crippen MR) is 89.9 cm³/mol. The lowest BCUT2D eigenvalue weighted by Crippen LogP contribution is -2.25. The maximum atomic E-state index is 10.3. The van der Waals surface area contributed by atoms with E-state index in [1.165, 1.54) is 0 Å². The van der Waals surface area contributed by atoms with Gasteiger partial charge in [-0.2, -0.15) is 0 Å². The first-order chi connectivity index (χ1) is 10.6. The van der Waals surface area contributed by atoms with Crippen LogP contribution < -0.4 is 0 Å². The second-order valence-electron chi connectivity index (χ2n) is 6.04. The van der Waals surface area contributed by atoms with E-state index in [-0.39, 0.29) is 6.42 Å². The normalized spacial score (nSPS) is 14.3. The van der Waals surface area contributed by atoms with Crippen LogP contribution in [0, 0.1) is 0 Å². The maximum Gasteiger partial charge on any atom is 0.303 e. The van der Waals surface area contributed by atoms with Crippen molar-refractivity contribution in [2.24, 2.45) is 0 Å². The van der Waals surface area contributed by atoms with E-state index in [1.807, 2.05) is 6.08 Å². The minimum atomic E-state index is -0.710. The molecule has 0 aromatic carbocycles. The third-order valence-corrected chi connectivity index (χ3v) is 3.85. The van der Waals surface area contributed by atoms with Crippen LogP contribution in [0.15, 0.2) is 12.2 Å². The molecule has 4 nitrogen and oxygen atoms in total. The van der Waals surface area contributed by atoms with Crippen molar-refractivity contribution < 1.29 is 20.1 Å². The Bertz CT molecular complexity index is 289. The number of allylic oxidation sites excluding steroid dienone is 1. The predicted octanol–water partition coefficient (Wildman–Crippen LogP) is 4.05. The topological polar surface area (TPSA) is 77.8 Å². The molecule has 0 saturated heterocycles. The highest BCUT2D eigenvalue weighted by Crippen LogP contribution is 2.11. The van der Waals surface area contributed by atoms with Crippen molar-refractivity contribution in [3.05, 3.63) is 12.2 Å². The molecular weight excluding hydrogens is 280 g/mol. The monoisotopic (exact) mass is 314 g/mol. The maximum absolute atomic E-state index is 10.3. The van der Waals surface area contributed by atoms with Gasteiger partial charge in [-0.25, -0.2) is 0 Å². The van der Waals surface area contributed by atoms with Crippen LogP contribution in [0.25, 0.3) is 0 Å². The highest BCUT2D eigenvalue weighted by molar-refractivity contribution is 5.66. The number of hydrogen-bond donors (Lipinski definition) is 3. The van der Waals surface area contributed by atoms with Crippen LogP contribution in [0.5, 0.6) is 0 Å². The van der Waals surface area contributed by atoms with Crippen LogP contribution in [0.3, 0.4) is 0 Å². The Balaban J connectivity index is 3.43. The van der Waals surface area contributed by atoms with Crippen molar-refractivity contribution in [2.45, 2.75) is 96.2 Å². The summed E-state index contributed by atoms with van der Waals surface area (Å²) in [5.41, 5.74) is 0. The minimum absolute atomic E-state index is 0.276. The van der Waals surface area contributed by atoms with E-state index >= 15 is 0 Å². The molecule has 0 saturated carbocycles. The van der Waals surface area contributed by atoms with Crippen LogP contribution in [-0.4, -0.2) is 33.5 Å². The van der Waals surface area contributed by atoms with Crippen LogP contribution >= 0.6 is 0 Å². The van der Waals surface area contributed by atoms with E-state index in [4.69, 9.17) is 5.11 Å². The van der Waals surface area contributed by atoms with Gasteiger partial charge in [0.25, 0.3) is 0 Å². The largest absolute Gasteiger partial charge is 0.481 e. The Labute approximate surface area is 135 Å². The molecule has 0 aromatic rings. The Hall–Kier alpha value is -0.870. The summed E-state index contributed by atoms with van der Waals surface area (Å²) >= 11 is 0. The van der Waals surface area contributed by atoms with E-state index in [9.17, 15) is 15.0 Å². The number of carbonyl (C=O) groups is 1. The van der Waals surface area contributed by atoms with Gasteiger partial charge in [-0.1, -0.05) is 57.6 Å². The molecule has 0 heterocycles. The second-order valence-corrected chi connectivity index (χ2v) is 6.04. The molecule has 2 atom stereocenters. The van der Waals surface area contributed by atoms with Gasteiger partial charge in [0.05, 0.1) is 12.2 Å². The number of rotatable bonds is 15. The first-order valence-corrected chi connectivity index (χ1v) is 8.80. The van der Waals surface area contributed by atoms with Crippen molar-refractivity contribution in [2.75, 3.05) is 0 Å². The average molecular weight is 314 g/mol. The third-order valence-electron chi connectivity index (χ3n) is 3.85. The summed E-state index contributed by atoms with van der Waals surface area (Å²) in [6.07, 6.45) is 13.5. The van der Waals surface area contributed by atoms with Gasteiger partial charge in [0, 0.05) is 6.42 Å². The zero-order chi connectivity index (χ0) is 16.6. The lowest BCUT2D eigenvalue weighted by atomic mass is 10.0. The summed E-state index contributed by atoms with van der Waals surface area (Å²) in [6, 6.07) is 0. The lowest BCUT2D eigenvalue weighted by Gasteiger charge is -2.15. The van der Waals surface area contributed by atoms with Gasteiger partial charge in [-0.05, 0) is 32.1 Å². The fraction of sp³-hybridized carbons (Fsp3) is 0.833. The molecular formula is C18H34O4. The molecule has 0 rings (SSSR count). The highest BCUT2D eigenvalue weighted by Gasteiger charge is 2.13. The van der Waals surface area contributed by atoms with Crippen molar-refractivity contribution in [1.82, 2.24) is 0 Å². The van der Waals surface area contributed by atoms with Crippen molar-refractivity contribution in [3.8, 4) is 0 Å². The van der Waals surface area contributed by atoms with Crippen molar-refractivity contribution >= 4 is 5.97 Å². The van der Waals surface area contributed by atoms with Gasteiger partial charge < -0.3 is 15.3 Å². The fourth-order valence-corrected chi connectivity index (χ4v) is 2.38. The fourth-order valence-electron chi connectivity index (χ4n) is 2.38.